The Kier molecular flexibility index (Phi) is 9.85. The fourth-order valence-corrected chi connectivity index (χ4v) is 3.43. The highest BCUT2D eigenvalue weighted by Crippen LogP contribution is 2.30. The number of nitrogens with zero attached hydrogens (tertiary/aromatic N) is 5. The number of aromatic nitrogens is 3. The zero-order chi connectivity index (χ0) is 19.4. The Morgan fingerprint density at radius 3 is 2.69 bits per heavy atom. The molecule has 0 radical (unpaired) electrons. The maximum atomic E-state index is 13.0. The Bertz CT molecular complexity index is 801. The highest BCUT2D eigenvalue weighted by Gasteiger charge is 2.30. The second kappa shape index (κ2) is 11.3. The number of hydrogen-bond acceptors (Lipinski definition) is 6. The van der Waals surface area contributed by atoms with Crippen molar-refractivity contribution < 1.29 is 9.53 Å². The summed E-state index contributed by atoms with van der Waals surface area (Å²) in [4.78, 5) is 17.0. The molecular weight excluding hydrogens is 415 g/mol. The van der Waals surface area contributed by atoms with Crippen LogP contribution in [0.15, 0.2) is 24.3 Å². The van der Waals surface area contributed by atoms with Crippen LogP contribution in [0.3, 0.4) is 0 Å². The Morgan fingerprint density at radius 2 is 2.03 bits per heavy atom. The lowest BCUT2D eigenvalue weighted by molar-refractivity contribution is -0.135. The van der Waals surface area contributed by atoms with Crippen LogP contribution in [0.2, 0.25) is 0 Å². The molecule has 1 aromatic heterocycles. The standard InChI is InChI=1S/C19H28N6O2.2ClH/c1-14-21-22-18(24(14)3)12-23(2)13-19(26)25-10-9-20-11-16(25)15-7-5-6-8-17(15)27-4;;/h5-8,16,20H,9-13H2,1-4H3;2*1H. The van der Waals surface area contributed by atoms with Gasteiger partial charge in [0.2, 0.25) is 5.91 Å². The summed E-state index contributed by atoms with van der Waals surface area (Å²) in [7, 11) is 5.54. The van der Waals surface area contributed by atoms with Crippen LogP contribution >= 0.6 is 24.8 Å². The Morgan fingerprint density at radius 1 is 1.31 bits per heavy atom. The number of likely N-dealkylation sites (N-methyl/N-ethyl adjacent to an activating group) is 1. The first-order chi connectivity index (χ1) is 13.0. The maximum absolute atomic E-state index is 13.0. The molecule has 1 fully saturated rings. The normalized spacial score (nSPS) is 16.2. The third-order valence-electron chi connectivity index (χ3n) is 5.06. The largest absolute Gasteiger partial charge is 0.496 e. The van der Waals surface area contributed by atoms with Gasteiger partial charge in [0, 0.05) is 32.2 Å². The van der Waals surface area contributed by atoms with Gasteiger partial charge in [0.1, 0.15) is 17.4 Å². The molecule has 1 aliphatic rings. The molecule has 29 heavy (non-hydrogen) atoms. The number of ether oxygens (including phenoxy) is 1. The molecule has 162 valence electrons. The van der Waals surface area contributed by atoms with Gasteiger partial charge in [-0.3, -0.25) is 9.69 Å². The van der Waals surface area contributed by atoms with Gasteiger partial charge in [-0.05, 0) is 20.0 Å². The molecule has 1 saturated heterocycles. The van der Waals surface area contributed by atoms with Crippen molar-refractivity contribution in [3.8, 4) is 5.75 Å². The zero-order valence-electron chi connectivity index (χ0n) is 17.3. The lowest BCUT2D eigenvalue weighted by Crippen LogP contribution is -2.51. The van der Waals surface area contributed by atoms with Crippen molar-refractivity contribution in [2.75, 3.05) is 40.3 Å². The monoisotopic (exact) mass is 444 g/mol. The number of nitrogens with one attached hydrogen (secondary N) is 1. The Balaban J connectivity index is 0.00000210. The van der Waals surface area contributed by atoms with Gasteiger partial charge in [0.25, 0.3) is 0 Å². The number of piperazine rings is 1. The van der Waals surface area contributed by atoms with Crippen LogP contribution in [-0.4, -0.2) is 70.8 Å². The first kappa shape index (κ1) is 25.2. The number of rotatable bonds is 6. The van der Waals surface area contributed by atoms with E-state index in [1.54, 1.807) is 7.11 Å². The average Bonchev–Trinajstić information content (AvgIpc) is 2.99. The minimum atomic E-state index is -0.0344. The van der Waals surface area contributed by atoms with Crippen molar-refractivity contribution in [1.82, 2.24) is 29.9 Å². The van der Waals surface area contributed by atoms with E-state index < -0.39 is 0 Å². The van der Waals surface area contributed by atoms with Gasteiger partial charge in [-0.1, -0.05) is 18.2 Å². The Hall–Kier alpha value is -1.87. The van der Waals surface area contributed by atoms with Gasteiger partial charge >= 0.3 is 0 Å². The number of amides is 1. The number of halogens is 2. The quantitative estimate of drug-likeness (QED) is 0.728. The zero-order valence-corrected chi connectivity index (χ0v) is 18.9. The van der Waals surface area contributed by atoms with Gasteiger partial charge in [-0.25, -0.2) is 0 Å². The van der Waals surface area contributed by atoms with Crippen LogP contribution in [0.5, 0.6) is 5.75 Å². The van der Waals surface area contributed by atoms with Crippen molar-refractivity contribution in [3.05, 3.63) is 41.5 Å². The number of aryl methyl sites for hydroxylation is 1. The van der Waals surface area contributed by atoms with Gasteiger partial charge < -0.3 is 19.5 Å². The summed E-state index contributed by atoms with van der Waals surface area (Å²) in [5, 5.41) is 11.6. The van der Waals surface area contributed by atoms with Crippen LogP contribution in [0.4, 0.5) is 0 Å². The summed E-state index contributed by atoms with van der Waals surface area (Å²) < 4.78 is 7.46. The van der Waals surface area contributed by atoms with Crippen molar-refractivity contribution in [3.63, 3.8) is 0 Å². The molecule has 1 aromatic carbocycles. The fourth-order valence-electron chi connectivity index (χ4n) is 3.43. The predicted octanol–water partition coefficient (Wildman–Crippen LogP) is 1.58. The highest BCUT2D eigenvalue weighted by molar-refractivity contribution is 5.85. The molecule has 1 aliphatic heterocycles. The molecule has 0 saturated carbocycles. The minimum absolute atomic E-state index is 0. The number of hydrogen-bond donors (Lipinski definition) is 1. The smallest absolute Gasteiger partial charge is 0.237 e. The van der Waals surface area contributed by atoms with Crippen molar-refractivity contribution in [2.24, 2.45) is 7.05 Å². The maximum Gasteiger partial charge on any atom is 0.237 e. The molecule has 10 heteroatoms. The van der Waals surface area contributed by atoms with Gasteiger partial charge in [0.05, 0.1) is 26.2 Å². The lowest BCUT2D eigenvalue weighted by atomic mass is 10.0. The van der Waals surface area contributed by atoms with Crippen molar-refractivity contribution >= 4 is 30.7 Å². The number of carbonyl (C=O) groups is 1. The third-order valence-corrected chi connectivity index (χ3v) is 5.06. The number of para-hydroxylation sites is 1. The summed E-state index contributed by atoms with van der Waals surface area (Å²) in [5.41, 5.74) is 1.03. The molecule has 0 bridgehead atoms. The SMILES string of the molecule is COc1ccccc1C1CNCCN1C(=O)CN(C)Cc1nnc(C)n1C.Cl.Cl. The summed E-state index contributed by atoms with van der Waals surface area (Å²) in [5.74, 6) is 2.63. The molecule has 8 nitrogen and oxygen atoms in total. The highest BCUT2D eigenvalue weighted by atomic mass is 35.5. The fraction of sp³-hybridized carbons (Fsp3) is 0.526. The molecular formula is C19H30Cl2N6O2. The van der Waals surface area contributed by atoms with Crippen LogP contribution in [-0.2, 0) is 18.4 Å². The van der Waals surface area contributed by atoms with E-state index in [4.69, 9.17) is 4.74 Å². The van der Waals surface area contributed by atoms with E-state index in [0.717, 1.165) is 36.1 Å². The van der Waals surface area contributed by atoms with E-state index in [1.807, 2.05) is 59.7 Å². The topological polar surface area (TPSA) is 75.5 Å². The van der Waals surface area contributed by atoms with E-state index in [1.165, 1.54) is 0 Å². The van der Waals surface area contributed by atoms with E-state index in [-0.39, 0.29) is 36.8 Å². The third kappa shape index (κ3) is 5.82. The summed E-state index contributed by atoms with van der Waals surface area (Å²) in [6.45, 7) is 5.02. The van der Waals surface area contributed by atoms with Crippen LogP contribution < -0.4 is 10.1 Å². The van der Waals surface area contributed by atoms with Crippen molar-refractivity contribution in [2.45, 2.75) is 19.5 Å². The van der Waals surface area contributed by atoms with Gasteiger partial charge in [-0.2, -0.15) is 0 Å². The first-order valence-corrected chi connectivity index (χ1v) is 9.17. The summed E-state index contributed by atoms with van der Waals surface area (Å²) in [6.07, 6.45) is 0. The predicted molar refractivity (Wildman–Crippen MR) is 117 cm³/mol. The number of benzene rings is 1. The minimum Gasteiger partial charge on any atom is -0.496 e. The molecule has 0 aliphatic carbocycles. The summed E-state index contributed by atoms with van der Waals surface area (Å²) >= 11 is 0. The molecule has 1 unspecified atom stereocenters. The molecule has 0 spiro atoms. The number of methoxy groups -OCH3 is 1. The van der Waals surface area contributed by atoms with Gasteiger partial charge in [0.15, 0.2) is 0 Å². The van der Waals surface area contributed by atoms with Crippen LogP contribution in [0, 0.1) is 6.92 Å². The van der Waals surface area contributed by atoms with E-state index in [2.05, 4.69) is 15.5 Å². The van der Waals surface area contributed by atoms with E-state index in [0.29, 0.717) is 19.6 Å². The van der Waals surface area contributed by atoms with Crippen LogP contribution in [0.25, 0.3) is 0 Å². The molecule has 3 rings (SSSR count). The first-order valence-electron chi connectivity index (χ1n) is 9.17. The van der Waals surface area contributed by atoms with Crippen LogP contribution in [0.1, 0.15) is 23.3 Å². The van der Waals surface area contributed by atoms with Crippen molar-refractivity contribution in [1.29, 1.82) is 0 Å². The molecule has 2 heterocycles. The molecule has 1 amide bonds. The van der Waals surface area contributed by atoms with Gasteiger partial charge in [-0.15, -0.1) is 35.0 Å². The Labute approximate surface area is 184 Å². The summed E-state index contributed by atoms with van der Waals surface area (Å²) in [6, 6.07) is 7.87. The number of carbonyl (C=O) groups excluding carboxylic acids is 1. The second-order valence-corrected chi connectivity index (χ2v) is 6.94. The molecule has 2 aromatic rings. The molecule has 1 atom stereocenters. The molecule has 1 N–H and O–H groups in total. The van der Waals surface area contributed by atoms with E-state index in [9.17, 15) is 4.79 Å². The average molecular weight is 445 g/mol. The lowest BCUT2D eigenvalue weighted by Gasteiger charge is -2.37. The second-order valence-electron chi connectivity index (χ2n) is 6.94. The van der Waals surface area contributed by atoms with E-state index >= 15 is 0 Å².